The maximum Gasteiger partial charge on any atom is 0.266 e. The number of nitrogens with one attached hydrogen (secondary N) is 1. The summed E-state index contributed by atoms with van der Waals surface area (Å²) in [6.45, 7) is 0.156. The topological polar surface area (TPSA) is 71.3 Å². The predicted molar refractivity (Wildman–Crippen MR) is 130 cm³/mol. The molecule has 1 amide bonds. The first-order valence-corrected chi connectivity index (χ1v) is 10.9. The summed E-state index contributed by atoms with van der Waals surface area (Å²) in [5.74, 6) is 0.397. The molecule has 0 radical (unpaired) electrons. The molecule has 3 aromatic carbocycles. The van der Waals surface area contributed by atoms with Crippen LogP contribution in [0.5, 0.6) is 11.5 Å². The fourth-order valence-electron chi connectivity index (χ4n) is 2.76. The zero-order chi connectivity index (χ0) is 23.1. The molecule has 0 heterocycles. The van der Waals surface area contributed by atoms with Crippen LogP contribution in [0.15, 0.2) is 70.7 Å². The second-order valence-electron chi connectivity index (χ2n) is 6.53. The first-order valence-electron chi connectivity index (χ1n) is 9.33. The van der Waals surface area contributed by atoms with E-state index in [1.54, 1.807) is 60.7 Å². The summed E-state index contributed by atoms with van der Waals surface area (Å²) >= 11 is 15.7. The summed E-state index contributed by atoms with van der Waals surface area (Å²) in [7, 11) is 1.50. The van der Waals surface area contributed by atoms with Gasteiger partial charge in [-0.1, -0.05) is 51.3 Å². The van der Waals surface area contributed by atoms with E-state index in [0.717, 1.165) is 4.47 Å². The molecule has 0 aliphatic heterocycles. The number of ether oxygens (including phenoxy) is 2. The van der Waals surface area contributed by atoms with Crippen LogP contribution in [0.3, 0.4) is 0 Å². The van der Waals surface area contributed by atoms with Gasteiger partial charge in [-0.25, -0.2) is 0 Å². The van der Waals surface area contributed by atoms with E-state index in [4.69, 9.17) is 32.7 Å². The molecule has 0 saturated heterocycles. The van der Waals surface area contributed by atoms with Gasteiger partial charge in [0, 0.05) is 25.8 Å². The van der Waals surface area contributed by atoms with E-state index in [1.807, 2.05) is 6.07 Å². The summed E-state index contributed by atoms with van der Waals surface area (Å²) in [5.41, 5.74) is 1.80. The third-order valence-corrected chi connectivity index (χ3v) is 5.64. The van der Waals surface area contributed by atoms with Crippen molar-refractivity contribution in [2.75, 3.05) is 12.4 Å². The molecule has 3 rings (SSSR count). The summed E-state index contributed by atoms with van der Waals surface area (Å²) < 4.78 is 12.1. The number of anilines is 1. The van der Waals surface area contributed by atoms with Gasteiger partial charge in [0.2, 0.25) is 0 Å². The van der Waals surface area contributed by atoms with Crippen LogP contribution in [0, 0.1) is 11.3 Å². The van der Waals surface area contributed by atoms with Gasteiger partial charge in [0.25, 0.3) is 5.91 Å². The molecule has 0 fully saturated rings. The molecule has 3 aromatic rings. The van der Waals surface area contributed by atoms with Gasteiger partial charge in [-0.2, -0.15) is 5.26 Å². The average Bonchev–Trinajstić information content (AvgIpc) is 2.79. The van der Waals surface area contributed by atoms with Gasteiger partial charge in [0.1, 0.15) is 18.2 Å². The molecule has 0 saturated carbocycles. The van der Waals surface area contributed by atoms with Crippen LogP contribution in [0.2, 0.25) is 10.0 Å². The van der Waals surface area contributed by atoms with Gasteiger partial charge < -0.3 is 14.8 Å². The van der Waals surface area contributed by atoms with E-state index >= 15 is 0 Å². The number of hydrogen-bond donors (Lipinski definition) is 1. The first-order chi connectivity index (χ1) is 15.4. The van der Waals surface area contributed by atoms with E-state index < -0.39 is 5.91 Å². The van der Waals surface area contributed by atoms with Gasteiger partial charge in [0.05, 0.1) is 7.11 Å². The number of nitriles is 1. The zero-order valence-corrected chi connectivity index (χ0v) is 20.0. The van der Waals surface area contributed by atoms with Crippen LogP contribution in [0.4, 0.5) is 5.69 Å². The molecule has 162 valence electrons. The van der Waals surface area contributed by atoms with Crippen LogP contribution in [-0.2, 0) is 11.4 Å². The molecule has 32 heavy (non-hydrogen) atoms. The number of halogens is 3. The molecule has 0 unspecified atom stereocenters. The van der Waals surface area contributed by atoms with Crippen molar-refractivity contribution < 1.29 is 14.3 Å². The van der Waals surface area contributed by atoms with Crippen molar-refractivity contribution >= 4 is 56.8 Å². The number of methoxy groups -OCH3 is 1. The number of carbonyl (C=O) groups excluding carboxylic acids is 1. The number of hydrogen-bond acceptors (Lipinski definition) is 4. The highest BCUT2D eigenvalue weighted by atomic mass is 79.9. The lowest BCUT2D eigenvalue weighted by Gasteiger charge is -2.13. The highest BCUT2D eigenvalue weighted by Crippen LogP contribution is 2.32. The van der Waals surface area contributed by atoms with Crippen LogP contribution >= 0.6 is 39.1 Å². The molecular weight excluding hydrogens is 515 g/mol. The van der Waals surface area contributed by atoms with Gasteiger partial charge in [-0.15, -0.1) is 0 Å². The molecule has 1 N–H and O–H groups in total. The predicted octanol–water partition coefficient (Wildman–Crippen LogP) is 6.89. The van der Waals surface area contributed by atoms with E-state index in [2.05, 4.69) is 21.2 Å². The Labute approximate surface area is 204 Å². The fourth-order valence-corrected chi connectivity index (χ4v) is 3.53. The monoisotopic (exact) mass is 530 g/mol. The molecule has 5 nitrogen and oxygen atoms in total. The summed E-state index contributed by atoms with van der Waals surface area (Å²) in [6.07, 6.45) is 1.48. The Morgan fingerprint density at radius 2 is 1.78 bits per heavy atom. The molecule has 0 aliphatic rings. The van der Waals surface area contributed by atoms with Crippen LogP contribution in [-0.4, -0.2) is 13.0 Å². The lowest BCUT2D eigenvalue weighted by molar-refractivity contribution is -0.112. The minimum Gasteiger partial charge on any atom is -0.493 e. The third-order valence-electron chi connectivity index (χ3n) is 4.40. The van der Waals surface area contributed by atoms with E-state index in [0.29, 0.717) is 38.4 Å². The summed E-state index contributed by atoms with van der Waals surface area (Å²) in [6, 6.07) is 19.3. The molecule has 0 bridgehead atoms. The minimum atomic E-state index is -0.512. The Morgan fingerprint density at radius 3 is 2.41 bits per heavy atom. The van der Waals surface area contributed by atoms with Crippen molar-refractivity contribution in [3.63, 3.8) is 0 Å². The van der Waals surface area contributed by atoms with Crippen molar-refractivity contribution in [2.24, 2.45) is 0 Å². The van der Waals surface area contributed by atoms with Crippen molar-refractivity contribution in [3.05, 3.63) is 91.9 Å². The number of carbonyl (C=O) groups is 1. The van der Waals surface area contributed by atoms with Crippen LogP contribution < -0.4 is 14.8 Å². The SMILES string of the molecule is COc1cc(/C=C(\C#N)C(=O)Nc2ccc(Br)cc2)ccc1OCc1c(Cl)cccc1Cl. The Hall–Kier alpha value is -2.98. The Kier molecular flexibility index (Phi) is 8.18. The first kappa shape index (κ1) is 23.7. The van der Waals surface area contributed by atoms with E-state index in [1.165, 1.54) is 13.2 Å². The fraction of sp³-hybridized carbons (Fsp3) is 0.0833. The number of rotatable bonds is 7. The number of amides is 1. The number of nitrogens with zero attached hydrogens (tertiary/aromatic N) is 1. The van der Waals surface area contributed by atoms with Gasteiger partial charge in [0.15, 0.2) is 11.5 Å². The van der Waals surface area contributed by atoms with Crippen LogP contribution in [0.25, 0.3) is 6.08 Å². The molecule has 0 spiro atoms. The maximum absolute atomic E-state index is 12.5. The minimum absolute atomic E-state index is 0.0495. The van der Waals surface area contributed by atoms with Crippen molar-refractivity contribution in [1.29, 1.82) is 5.26 Å². The second kappa shape index (κ2) is 11.1. The molecule has 0 aromatic heterocycles. The lowest BCUT2D eigenvalue weighted by Crippen LogP contribution is -2.13. The zero-order valence-electron chi connectivity index (χ0n) is 16.9. The highest BCUT2D eigenvalue weighted by Gasteiger charge is 2.12. The van der Waals surface area contributed by atoms with Crippen molar-refractivity contribution in [1.82, 2.24) is 0 Å². The average molecular weight is 532 g/mol. The smallest absolute Gasteiger partial charge is 0.266 e. The summed E-state index contributed by atoms with van der Waals surface area (Å²) in [4.78, 5) is 12.5. The molecule has 8 heteroatoms. The Bertz CT molecular complexity index is 1180. The van der Waals surface area contributed by atoms with Crippen LogP contribution in [0.1, 0.15) is 11.1 Å². The standard InChI is InChI=1S/C24H17BrCl2N2O3/c1-31-23-12-15(5-10-22(23)32-14-19-20(26)3-2-4-21(19)27)11-16(13-28)24(30)29-18-8-6-17(25)7-9-18/h2-12H,14H2,1H3,(H,29,30)/b16-11+. The van der Waals surface area contributed by atoms with Gasteiger partial charge in [-0.3, -0.25) is 4.79 Å². The normalized spacial score (nSPS) is 10.9. The largest absolute Gasteiger partial charge is 0.493 e. The Balaban J connectivity index is 1.77. The van der Waals surface area contributed by atoms with E-state index in [9.17, 15) is 10.1 Å². The van der Waals surface area contributed by atoms with Crippen molar-refractivity contribution in [3.8, 4) is 17.6 Å². The molecular formula is C24H17BrCl2N2O3. The van der Waals surface area contributed by atoms with Crippen molar-refractivity contribution in [2.45, 2.75) is 6.61 Å². The Morgan fingerprint density at radius 1 is 1.09 bits per heavy atom. The van der Waals surface area contributed by atoms with Gasteiger partial charge in [-0.05, 0) is 60.2 Å². The third kappa shape index (κ3) is 6.04. The highest BCUT2D eigenvalue weighted by molar-refractivity contribution is 9.10. The van der Waals surface area contributed by atoms with Gasteiger partial charge >= 0.3 is 0 Å². The second-order valence-corrected chi connectivity index (χ2v) is 8.26. The molecule has 0 aliphatic carbocycles. The quantitative estimate of drug-likeness (QED) is 0.266. The van der Waals surface area contributed by atoms with E-state index in [-0.39, 0.29) is 12.2 Å². The maximum atomic E-state index is 12.5. The summed E-state index contributed by atoms with van der Waals surface area (Å²) in [5, 5.41) is 13.2. The number of benzene rings is 3. The molecule has 0 atom stereocenters. The lowest BCUT2D eigenvalue weighted by atomic mass is 10.1.